The lowest BCUT2D eigenvalue weighted by Crippen LogP contribution is -2.46. The van der Waals surface area contributed by atoms with Crippen molar-refractivity contribution in [3.63, 3.8) is 0 Å². The molecule has 0 radical (unpaired) electrons. The highest BCUT2D eigenvalue weighted by Crippen LogP contribution is 2.31. The smallest absolute Gasteiger partial charge is 0.261 e. The molecule has 1 aliphatic heterocycles. The molecule has 0 unspecified atom stereocenters. The van der Waals surface area contributed by atoms with Crippen molar-refractivity contribution in [3.05, 3.63) is 138 Å². The number of benzene rings is 5. The summed E-state index contributed by atoms with van der Waals surface area (Å²) in [5.74, 6) is 0.410. The Morgan fingerprint density at radius 3 is 1.95 bits per heavy atom. The summed E-state index contributed by atoms with van der Waals surface area (Å²) in [7, 11) is 0. The average Bonchev–Trinajstić information content (AvgIpc) is 2.99. The minimum absolute atomic E-state index is 0.0439. The van der Waals surface area contributed by atoms with Crippen LogP contribution in [-0.2, 0) is 0 Å². The Hall–Kier alpha value is -5.23. The van der Waals surface area contributed by atoms with Gasteiger partial charge in [-0.05, 0) is 72.5 Å². The van der Waals surface area contributed by atoms with Crippen LogP contribution in [0.15, 0.2) is 115 Å². The number of carbonyl (C=O) groups is 3. The van der Waals surface area contributed by atoms with Crippen molar-refractivity contribution in [1.82, 2.24) is 4.90 Å². The molecule has 0 spiro atoms. The molecule has 0 fully saturated rings. The summed E-state index contributed by atoms with van der Waals surface area (Å²) >= 11 is 0. The second-order valence-electron chi connectivity index (χ2n) is 9.65. The van der Waals surface area contributed by atoms with Gasteiger partial charge in [0.15, 0.2) is 0 Å². The van der Waals surface area contributed by atoms with Crippen molar-refractivity contribution in [2.75, 3.05) is 18.0 Å². The van der Waals surface area contributed by atoms with Gasteiger partial charge in [0.05, 0.1) is 0 Å². The number of imide groups is 1. The highest BCUT2D eigenvalue weighted by Gasteiger charge is 2.33. The number of ether oxygens (including phenoxy) is 1. The monoisotopic (exact) mass is 526 g/mol. The molecule has 1 heterocycles. The van der Waals surface area contributed by atoms with Crippen LogP contribution < -0.4 is 9.64 Å². The summed E-state index contributed by atoms with van der Waals surface area (Å²) in [4.78, 5) is 43.6. The molecule has 0 aliphatic carbocycles. The number of hydrogen-bond donors (Lipinski definition) is 0. The van der Waals surface area contributed by atoms with E-state index in [0.29, 0.717) is 39.3 Å². The van der Waals surface area contributed by atoms with Crippen molar-refractivity contribution in [3.8, 4) is 11.5 Å². The fraction of sp³-hybridized carbons (Fsp3) is 0.0882. The molecular formula is C34H26N2O4. The minimum atomic E-state index is -0.357. The summed E-state index contributed by atoms with van der Waals surface area (Å²) in [5.41, 5.74) is 3.01. The van der Waals surface area contributed by atoms with Gasteiger partial charge in [0.2, 0.25) is 0 Å². The summed E-state index contributed by atoms with van der Waals surface area (Å²) in [6.45, 7) is 2.06. The molecule has 3 amide bonds. The molecule has 5 aromatic carbocycles. The molecule has 0 bridgehead atoms. The molecule has 5 aromatic rings. The number of anilines is 1. The number of carbonyl (C=O) groups excluding carboxylic acids is 3. The summed E-state index contributed by atoms with van der Waals surface area (Å²) in [5, 5.41) is 1.53. The van der Waals surface area contributed by atoms with Crippen LogP contribution in [0.4, 0.5) is 5.69 Å². The molecular weight excluding hydrogens is 500 g/mol. The number of aryl methyl sites for hydroxylation is 1. The SMILES string of the molecule is Cc1ccccc1C(=O)N(CCN1C(=O)c2cccc3cccc(c23)C1=O)c1ccc(Oc2ccccc2)cc1. The number of nitrogens with zero attached hydrogens (tertiary/aromatic N) is 2. The zero-order valence-electron chi connectivity index (χ0n) is 21.9. The largest absolute Gasteiger partial charge is 0.457 e. The molecule has 0 aromatic heterocycles. The second-order valence-corrected chi connectivity index (χ2v) is 9.65. The normalized spacial score (nSPS) is 12.5. The molecule has 0 saturated heterocycles. The lowest BCUT2D eigenvalue weighted by molar-refractivity contribution is 0.0611. The Bertz CT molecular complexity index is 1700. The Labute approximate surface area is 232 Å². The van der Waals surface area contributed by atoms with Gasteiger partial charge in [0.1, 0.15) is 11.5 Å². The number of rotatable bonds is 7. The maximum atomic E-state index is 13.8. The predicted molar refractivity (Wildman–Crippen MR) is 155 cm³/mol. The van der Waals surface area contributed by atoms with Gasteiger partial charge in [-0.2, -0.15) is 0 Å². The highest BCUT2D eigenvalue weighted by atomic mass is 16.5. The fourth-order valence-corrected chi connectivity index (χ4v) is 5.11. The third kappa shape index (κ3) is 4.60. The predicted octanol–water partition coefficient (Wildman–Crippen LogP) is 6.88. The van der Waals surface area contributed by atoms with E-state index in [1.165, 1.54) is 4.90 Å². The summed E-state index contributed by atoms with van der Waals surface area (Å²) < 4.78 is 5.92. The standard InChI is InChI=1S/C34H26N2O4/c1-23-9-5-6-14-28(23)32(37)35(25-17-19-27(20-18-25)40-26-12-3-2-4-13-26)21-22-36-33(38)29-15-7-10-24-11-8-16-30(31(24)29)34(36)39/h2-20H,21-22H2,1H3. The average molecular weight is 527 g/mol. The first-order valence-electron chi connectivity index (χ1n) is 13.1. The van der Waals surface area contributed by atoms with Crippen molar-refractivity contribution in [1.29, 1.82) is 0 Å². The van der Waals surface area contributed by atoms with E-state index in [4.69, 9.17) is 4.74 Å². The lowest BCUT2D eigenvalue weighted by Gasteiger charge is -2.30. The number of amides is 3. The Balaban J connectivity index is 1.30. The van der Waals surface area contributed by atoms with Crippen LogP contribution in [0.1, 0.15) is 36.6 Å². The molecule has 6 heteroatoms. The zero-order valence-corrected chi connectivity index (χ0v) is 21.9. The minimum Gasteiger partial charge on any atom is -0.457 e. The lowest BCUT2D eigenvalue weighted by atomic mass is 9.94. The van der Waals surface area contributed by atoms with Gasteiger partial charge in [-0.1, -0.05) is 60.7 Å². The Morgan fingerprint density at radius 2 is 1.30 bits per heavy atom. The van der Waals surface area contributed by atoms with E-state index < -0.39 is 0 Å². The maximum Gasteiger partial charge on any atom is 0.261 e. The molecule has 196 valence electrons. The number of hydrogen-bond acceptors (Lipinski definition) is 4. The van der Waals surface area contributed by atoms with Crippen LogP contribution in [0.2, 0.25) is 0 Å². The first-order valence-corrected chi connectivity index (χ1v) is 13.1. The second kappa shape index (κ2) is 10.5. The molecule has 0 saturated carbocycles. The van der Waals surface area contributed by atoms with Crippen molar-refractivity contribution < 1.29 is 19.1 Å². The van der Waals surface area contributed by atoms with Crippen molar-refractivity contribution in [2.45, 2.75) is 6.92 Å². The topological polar surface area (TPSA) is 66.9 Å². The fourth-order valence-electron chi connectivity index (χ4n) is 5.11. The quantitative estimate of drug-likeness (QED) is 0.217. The van der Waals surface area contributed by atoms with E-state index in [1.54, 1.807) is 35.2 Å². The van der Waals surface area contributed by atoms with Crippen LogP contribution in [0.3, 0.4) is 0 Å². The van der Waals surface area contributed by atoms with Crippen LogP contribution in [0.25, 0.3) is 10.8 Å². The third-order valence-corrected chi connectivity index (χ3v) is 7.15. The van der Waals surface area contributed by atoms with E-state index in [0.717, 1.165) is 10.9 Å². The van der Waals surface area contributed by atoms with E-state index in [-0.39, 0.29) is 30.8 Å². The van der Waals surface area contributed by atoms with Crippen molar-refractivity contribution >= 4 is 34.2 Å². The van der Waals surface area contributed by atoms with E-state index in [9.17, 15) is 14.4 Å². The molecule has 0 atom stereocenters. The zero-order chi connectivity index (χ0) is 27.6. The maximum absolute atomic E-state index is 13.8. The van der Waals surface area contributed by atoms with Crippen LogP contribution in [0, 0.1) is 6.92 Å². The van der Waals surface area contributed by atoms with Gasteiger partial charge in [-0.15, -0.1) is 0 Å². The first kappa shape index (κ1) is 25.1. The van der Waals surface area contributed by atoms with Crippen molar-refractivity contribution in [2.24, 2.45) is 0 Å². The van der Waals surface area contributed by atoms with Gasteiger partial charge in [0, 0.05) is 40.9 Å². The molecule has 40 heavy (non-hydrogen) atoms. The van der Waals surface area contributed by atoms with Gasteiger partial charge >= 0.3 is 0 Å². The number of para-hydroxylation sites is 1. The van der Waals surface area contributed by atoms with E-state index in [2.05, 4.69) is 0 Å². The summed E-state index contributed by atoms with van der Waals surface area (Å²) in [6, 6.07) is 35.0. The Morgan fingerprint density at radius 1 is 0.700 bits per heavy atom. The van der Waals surface area contributed by atoms with E-state index >= 15 is 0 Å². The highest BCUT2D eigenvalue weighted by molar-refractivity contribution is 6.25. The third-order valence-electron chi connectivity index (χ3n) is 7.15. The molecule has 0 N–H and O–H groups in total. The van der Waals surface area contributed by atoms with Crippen LogP contribution in [0.5, 0.6) is 11.5 Å². The molecule has 6 nitrogen and oxygen atoms in total. The van der Waals surface area contributed by atoms with Gasteiger partial charge in [0.25, 0.3) is 17.7 Å². The first-order chi connectivity index (χ1) is 19.5. The van der Waals surface area contributed by atoms with Gasteiger partial charge in [-0.25, -0.2) is 0 Å². The van der Waals surface area contributed by atoms with Crippen LogP contribution >= 0.6 is 0 Å². The van der Waals surface area contributed by atoms with E-state index in [1.807, 2.05) is 91.9 Å². The molecule has 1 aliphatic rings. The van der Waals surface area contributed by atoms with Gasteiger partial charge in [-0.3, -0.25) is 19.3 Å². The molecule has 6 rings (SSSR count). The van der Waals surface area contributed by atoms with Gasteiger partial charge < -0.3 is 9.64 Å². The summed E-state index contributed by atoms with van der Waals surface area (Å²) in [6.07, 6.45) is 0. The Kier molecular flexibility index (Phi) is 6.58. The van der Waals surface area contributed by atoms with Crippen LogP contribution in [-0.4, -0.2) is 35.7 Å².